The fourth-order valence-corrected chi connectivity index (χ4v) is 6.24. The highest BCUT2D eigenvalue weighted by Gasteiger charge is 2.36. The number of allylic oxidation sites excluding steroid dienone is 6. The summed E-state index contributed by atoms with van der Waals surface area (Å²) in [7, 11) is -3.61. The van der Waals surface area contributed by atoms with E-state index in [1.165, 1.54) is 22.9 Å². The first-order valence-electron chi connectivity index (χ1n) is 15.5. The van der Waals surface area contributed by atoms with Gasteiger partial charge in [0.2, 0.25) is 19.2 Å². The minimum absolute atomic E-state index is 0.0249. The Labute approximate surface area is 269 Å². The van der Waals surface area contributed by atoms with Crippen molar-refractivity contribution < 1.29 is 33.7 Å². The largest absolute Gasteiger partial charge is 0.481 e. The van der Waals surface area contributed by atoms with Crippen LogP contribution in [0.5, 0.6) is 0 Å². The maximum Gasteiger partial charge on any atom is 0.314 e. The van der Waals surface area contributed by atoms with Gasteiger partial charge in [-0.15, -0.1) is 0 Å². The van der Waals surface area contributed by atoms with Gasteiger partial charge in [-0.3, -0.25) is 23.7 Å². The van der Waals surface area contributed by atoms with Gasteiger partial charge in [-0.2, -0.15) is 11.8 Å². The second-order valence-electron chi connectivity index (χ2n) is 12.6. The highest BCUT2D eigenvalue weighted by atomic mass is 32.2. The van der Waals surface area contributed by atoms with Crippen LogP contribution < -0.4 is 10.6 Å². The van der Waals surface area contributed by atoms with Gasteiger partial charge in [0.15, 0.2) is 5.78 Å². The number of aliphatic carboxylic acids is 1. The standard InChI is InChI=1S/C33H57N2O7PS/c1-22(2)12-10-13-25(7)14-11-15-26(8)16-19-43(41,42)20-17-28(36)34-30(24(5)6)32(38)35-29(23(3)4)31(37)27(33(39)40)18-21-44-9/h12,14,16,23-24,27,29-30H,10-11,13,15,17-21H2,1-9H3,(H,34,36)(H,35,38)(H,39,40)(H,41,42)/b25-14+,26-16+. The predicted molar refractivity (Wildman–Crippen MR) is 182 cm³/mol. The quantitative estimate of drug-likeness (QED) is 0.0597. The van der Waals surface area contributed by atoms with E-state index in [-0.39, 0.29) is 37.0 Å². The first kappa shape index (κ1) is 41.8. The Balaban J connectivity index is 5.12. The monoisotopic (exact) mass is 656 g/mol. The summed E-state index contributed by atoms with van der Waals surface area (Å²) in [5, 5.41) is 14.9. The summed E-state index contributed by atoms with van der Waals surface area (Å²) in [6.07, 6.45) is 11.4. The lowest BCUT2D eigenvalue weighted by atomic mass is 9.89. The van der Waals surface area contributed by atoms with Gasteiger partial charge in [0.05, 0.1) is 6.04 Å². The maximum absolute atomic E-state index is 13.2. The van der Waals surface area contributed by atoms with Crippen LogP contribution in [0, 0.1) is 17.8 Å². The molecule has 11 heteroatoms. The van der Waals surface area contributed by atoms with Gasteiger partial charge >= 0.3 is 5.97 Å². The van der Waals surface area contributed by atoms with Crippen LogP contribution in [0.15, 0.2) is 34.9 Å². The number of thioether (sulfide) groups is 1. The minimum Gasteiger partial charge on any atom is -0.481 e. The number of carbonyl (C=O) groups excluding carboxylic acids is 3. The number of ketones is 1. The van der Waals surface area contributed by atoms with Gasteiger partial charge in [0.1, 0.15) is 12.0 Å². The molecule has 2 amide bonds. The molecule has 0 aliphatic carbocycles. The average molecular weight is 657 g/mol. The second kappa shape index (κ2) is 21.6. The smallest absolute Gasteiger partial charge is 0.314 e. The molecule has 0 aliphatic rings. The van der Waals surface area contributed by atoms with Gasteiger partial charge in [-0.05, 0) is 83.6 Å². The molecule has 0 bridgehead atoms. The molecule has 0 fully saturated rings. The Kier molecular flexibility index (Phi) is 20.5. The van der Waals surface area contributed by atoms with Crippen LogP contribution in [0.4, 0.5) is 0 Å². The fourth-order valence-electron chi connectivity index (χ4n) is 4.43. The number of hydrogen-bond acceptors (Lipinski definition) is 6. The van der Waals surface area contributed by atoms with Crippen molar-refractivity contribution in [1.82, 2.24) is 10.6 Å². The van der Waals surface area contributed by atoms with Gasteiger partial charge < -0.3 is 20.6 Å². The van der Waals surface area contributed by atoms with E-state index in [9.17, 15) is 33.7 Å². The van der Waals surface area contributed by atoms with Crippen molar-refractivity contribution in [2.75, 3.05) is 24.3 Å². The summed E-state index contributed by atoms with van der Waals surface area (Å²) in [5.41, 5.74) is 3.65. The van der Waals surface area contributed by atoms with E-state index in [4.69, 9.17) is 0 Å². The molecule has 0 heterocycles. The van der Waals surface area contributed by atoms with Crippen molar-refractivity contribution >= 4 is 42.7 Å². The molecule has 4 unspecified atom stereocenters. The van der Waals surface area contributed by atoms with Crippen molar-refractivity contribution in [1.29, 1.82) is 0 Å². The number of Topliss-reactive ketones (excluding diaryl/α,β-unsaturated/α-hetero) is 1. The lowest BCUT2D eigenvalue weighted by Crippen LogP contribution is -2.56. The molecule has 0 aliphatic heterocycles. The summed E-state index contributed by atoms with van der Waals surface area (Å²) in [6, 6.07) is -2.03. The van der Waals surface area contributed by atoms with Gasteiger partial charge in [-0.1, -0.05) is 62.6 Å². The molecule has 0 aromatic rings. The first-order valence-corrected chi connectivity index (χ1v) is 18.9. The molecule has 44 heavy (non-hydrogen) atoms. The Bertz CT molecular complexity index is 1090. The Morgan fingerprint density at radius 1 is 0.818 bits per heavy atom. The highest BCUT2D eigenvalue weighted by molar-refractivity contribution is 7.98. The molecule has 0 saturated carbocycles. The molecular formula is C33H57N2O7PS. The average Bonchev–Trinajstić information content (AvgIpc) is 2.91. The number of rotatable bonds is 22. The van der Waals surface area contributed by atoms with E-state index < -0.39 is 48.9 Å². The zero-order valence-electron chi connectivity index (χ0n) is 28.3. The van der Waals surface area contributed by atoms with E-state index in [2.05, 4.69) is 43.6 Å². The molecule has 252 valence electrons. The molecule has 4 atom stereocenters. The summed E-state index contributed by atoms with van der Waals surface area (Å²) >= 11 is 1.44. The van der Waals surface area contributed by atoms with Crippen LogP contribution in [0.3, 0.4) is 0 Å². The summed E-state index contributed by atoms with van der Waals surface area (Å²) in [5.74, 6) is -4.39. The SMILES string of the molecule is CSCCC(C(=O)O)C(=O)C(NC(=O)C(NC(=O)CCP(=O)(O)C/C=C(\C)CC/C=C(\C)CCC=C(C)C)C(C)C)C(C)C. The Morgan fingerprint density at radius 3 is 1.86 bits per heavy atom. The zero-order chi connectivity index (χ0) is 34.0. The summed E-state index contributed by atoms with van der Waals surface area (Å²) in [4.78, 5) is 61.2. The van der Waals surface area contributed by atoms with Crippen molar-refractivity contribution in [3.63, 3.8) is 0 Å². The molecule has 0 aromatic carbocycles. The van der Waals surface area contributed by atoms with E-state index in [0.29, 0.717) is 5.75 Å². The van der Waals surface area contributed by atoms with Crippen molar-refractivity contribution in [3.8, 4) is 0 Å². The molecular weight excluding hydrogens is 599 g/mol. The van der Waals surface area contributed by atoms with E-state index >= 15 is 0 Å². The van der Waals surface area contributed by atoms with Crippen molar-refractivity contribution in [2.24, 2.45) is 17.8 Å². The summed E-state index contributed by atoms with van der Waals surface area (Å²) < 4.78 is 12.8. The van der Waals surface area contributed by atoms with Crippen LogP contribution in [0.2, 0.25) is 0 Å². The first-order chi connectivity index (χ1) is 20.4. The van der Waals surface area contributed by atoms with Crippen molar-refractivity contribution in [2.45, 2.75) is 106 Å². The van der Waals surface area contributed by atoms with E-state index in [1.54, 1.807) is 33.8 Å². The van der Waals surface area contributed by atoms with Gasteiger partial charge in [0, 0.05) is 18.7 Å². The number of carboxylic acid groups (broad SMARTS) is 1. The van der Waals surface area contributed by atoms with Gasteiger partial charge in [-0.25, -0.2) is 0 Å². The molecule has 0 aromatic heterocycles. The molecule has 0 rings (SSSR count). The number of nitrogens with one attached hydrogen (secondary N) is 2. The lowest BCUT2D eigenvalue weighted by Gasteiger charge is -2.28. The zero-order valence-corrected chi connectivity index (χ0v) is 30.0. The normalized spacial score (nSPS) is 15.7. The molecule has 0 radical (unpaired) electrons. The number of hydrogen-bond donors (Lipinski definition) is 4. The number of carboxylic acids is 1. The molecule has 9 nitrogen and oxygen atoms in total. The second-order valence-corrected chi connectivity index (χ2v) is 16.0. The summed E-state index contributed by atoms with van der Waals surface area (Å²) in [6.45, 7) is 15.1. The van der Waals surface area contributed by atoms with Gasteiger partial charge in [0.25, 0.3) is 0 Å². The third-order valence-corrected chi connectivity index (χ3v) is 9.64. The van der Waals surface area contributed by atoms with Crippen LogP contribution in [-0.4, -0.2) is 70.0 Å². The molecule has 0 saturated heterocycles. The van der Waals surface area contributed by atoms with E-state index in [1.807, 2.05) is 13.2 Å². The number of amides is 2. The van der Waals surface area contributed by atoms with E-state index in [0.717, 1.165) is 31.3 Å². The molecule has 0 spiro atoms. The Hall–Kier alpha value is -2.16. The topological polar surface area (TPSA) is 150 Å². The highest BCUT2D eigenvalue weighted by Crippen LogP contribution is 2.41. The maximum atomic E-state index is 13.2. The third kappa shape index (κ3) is 18.0. The predicted octanol–water partition coefficient (Wildman–Crippen LogP) is 6.37. The van der Waals surface area contributed by atoms with Crippen LogP contribution in [0.25, 0.3) is 0 Å². The number of carbonyl (C=O) groups is 4. The lowest BCUT2D eigenvalue weighted by molar-refractivity contribution is -0.148. The van der Waals surface area contributed by atoms with Crippen LogP contribution in [0.1, 0.15) is 93.9 Å². The fraction of sp³-hybridized carbons (Fsp3) is 0.697. The minimum atomic E-state index is -3.61. The van der Waals surface area contributed by atoms with Crippen LogP contribution >= 0.6 is 19.1 Å². The Morgan fingerprint density at radius 2 is 1.36 bits per heavy atom. The van der Waals surface area contributed by atoms with Crippen LogP contribution in [-0.2, 0) is 23.7 Å². The third-order valence-electron chi connectivity index (χ3n) is 7.32. The van der Waals surface area contributed by atoms with Crippen molar-refractivity contribution in [3.05, 3.63) is 34.9 Å². The molecule has 4 N–H and O–H groups in total.